The third-order valence-electron chi connectivity index (χ3n) is 3.25. The van der Waals surface area contributed by atoms with Gasteiger partial charge in [-0.05, 0) is 25.0 Å². The second-order valence-electron chi connectivity index (χ2n) is 4.71. The van der Waals surface area contributed by atoms with E-state index in [-0.39, 0.29) is 0 Å². The highest BCUT2D eigenvalue weighted by molar-refractivity contribution is 9.10. The summed E-state index contributed by atoms with van der Waals surface area (Å²) in [5, 5.41) is 5.87. The quantitative estimate of drug-likeness (QED) is 0.681. The number of imidazole rings is 1. The van der Waals surface area contributed by atoms with Crippen LogP contribution in [0.1, 0.15) is 31.0 Å². The van der Waals surface area contributed by atoms with Gasteiger partial charge in [-0.25, -0.2) is 9.50 Å². The van der Waals surface area contributed by atoms with Crippen LogP contribution in [0.5, 0.6) is 0 Å². The number of aromatic nitrogens is 3. The van der Waals surface area contributed by atoms with Crippen LogP contribution in [0, 0.1) is 0 Å². The van der Waals surface area contributed by atoms with E-state index in [4.69, 9.17) is 10.1 Å². The van der Waals surface area contributed by atoms with Gasteiger partial charge in [0.2, 0.25) is 4.96 Å². The van der Waals surface area contributed by atoms with Gasteiger partial charge in [0.25, 0.3) is 0 Å². The van der Waals surface area contributed by atoms with Crippen molar-refractivity contribution in [1.82, 2.24) is 14.6 Å². The number of aryl methyl sites for hydroxylation is 2. The summed E-state index contributed by atoms with van der Waals surface area (Å²) in [5.74, 6) is 0. The van der Waals surface area contributed by atoms with Crippen molar-refractivity contribution in [3.8, 4) is 11.3 Å². The van der Waals surface area contributed by atoms with Gasteiger partial charge >= 0.3 is 0 Å². The van der Waals surface area contributed by atoms with Crippen molar-refractivity contribution in [2.45, 2.75) is 33.1 Å². The SMILES string of the molecule is CCCc1nn2c(CC)c(-c3ccc(Br)cc3)nc2s1. The first-order chi connectivity index (χ1) is 9.72. The van der Waals surface area contributed by atoms with E-state index in [1.54, 1.807) is 11.3 Å². The van der Waals surface area contributed by atoms with E-state index in [1.807, 2.05) is 4.52 Å². The van der Waals surface area contributed by atoms with Crippen LogP contribution in [-0.4, -0.2) is 14.6 Å². The number of halogens is 1. The molecule has 0 aliphatic carbocycles. The van der Waals surface area contributed by atoms with Gasteiger partial charge in [-0.2, -0.15) is 5.10 Å². The minimum atomic E-state index is 0.932. The zero-order valence-corrected chi connectivity index (χ0v) is 14.0. The number of fused-ring (bicyclic) bond motifs is 1. The molecule has 2 aromatic heterocycles. The van der Waals surface area contributed by atoms with Gasteiger partial charge < -0.3 is 0 Å². The van der Waals surface area contributed by atoms with Crippen molar-refractivity contribution < 1.29 is 0 Å². The lowest BCUT2D eigenvalue weighted by atomic mass is 10.1. The summed E-state index contributed by atoms with van der Waals surface area (Å²) in [6.07, 6.45) is 3.09. The molecule has 3 rings (SSSR count). The zero-order valence-electron chi connectivity index (χ0n) is 11.6. The van der Waals surface area contributed by atoms with E-state index in [1.165, 1.54) is 10.7 Å². The van der Waals surface area contributed by atoms with Gasteiger partial charge in [0, 0.05) is 16.5 Å². The summed E-state index contributed by atoms with van der Waals surface area (Å²) < 4.78 is 3.11. The molecular formula is C15H16BrN3S. The lowest BCUT2D eigenvalue weighted by molar-refractivity contribution is 0.818. The molecule has 3 nitrogen and oxygen atoms in total. The van der Waals surface area contributed by atoms with Gasteiger partial charge in [0.1, 0.15) is 5.01 Å². The van der Waals surface area contributed by atoms with Gasteiger partial charge in [-0.15, -0.1) is 0 Å². The van der Waals surface area contributed by atoms with Crippen LogP contribution in [0.3, 0.4) is 0 Å². The Balaban J connectivity index is 2.11. The van der Waals surface area contributed by atoms with Crippen LogP contribution in [0.4, 0.5) is 0 Å². The molecule has 5 heteroatoms. The number of benzene rings is 1. The molecule has 0 N–H and O–H groups in total. The van der Waals surface area contributed by atoms with E-state index >= 15 is 0 Å². The van der Waals surface area contributed by atoms with Gasteiger partial charge in [0.15, 0.2) is 0 Å². The summed E-state index contributed by atoms with van der Waals surface area (Å²) in [6.45, 7) is 4.34. The third kappa shape index (κ3) is 2.40. The van der Waals surface area contributed by atoms with Crippen molar-refractivity contribution in [2.75, 3.05) is 0 Å². The summed E-state index contributed by atoms with van der Waals surface area (Å²) in [7, 11) is 0. The van der Waals surface area contributed by atoms with E-state index < -0.39 is 0 Å². The van der Waals surface area contributed by atoms with Crippen LogP contribution in [-0.2, 0) is 12.8 Å². The topological polar surface area (TPSA) is 30.2 Å². The fourth-order valence-corrected chi connectivity index (χ4v) is 3.58. The van der Waals surface area contributed by atoms with Crippen molar-refractivity contribution in [1.29, 1.82) is 0 Å². The maximum Gasteiger partial charge on any atom is 0.212 e. The number of nitrogens with zero attached hydrogens (tertiary/aromatic N) is 3. The van der Waals surface area contributed by atoms with Crippen LogP contribution >= 0.6 is 27.3 Å². The molecule has 0 saturated heterocycles. The summed E-state index contributed by atoms with van der Waals surface area (Å²) in [6, 6.07) is 8.31. The van der Waals surface area contributed by atoms with E-state index in [9.17, 15) is 0 Å². The smallest absolute Gasteiger partial charge is 0.212 e. The summed E-state index contributed by atoms with van der Waals surface area (Å²) in [4.78, 5) is 5.79. The van der Waals surface area contributed by atoms with E-state index in [0.717, 1.165) is 40.0 Å². The minimum absolute atomic E-state index is 0.932. The number of hydrogen-bond acceptors (Lipinski definition) is 3. The molecule has 3 aromatic rings. The normalized spacial score (nSPS) is 11.3. The average Bonchev–Trinajstić information content (AvgIpc) is 2.96. The highest BCUT2D eigenvalue weighted by Gasteiger charge is 2.16. The lowest BCUT2D eigenvalue weighted by Crippen LogP contribution is -1.95. The Morgan fingerprint density at radius 2 is 1.95 bits per heavy atom. The Morgan fingerprint density at radius 3 is 2.60 bits per heavy atom. The molecule has 2 heterocycles. The molecule has 0 radical (unpaired) electrons. The molecule has 0 fully saturated rings. The molecule has 0 amide bonds. The largest absolute Gasteiger partial charge is 0.217 e. The van der Waals surface area contributed by atoms with Crippen LogP contribution in [0.2, 0.25) is 0 Å². The van der Waals surface area contributed by atoms with Crippen molar-refractivity contribution in [3.63, 3.8) is 0 Å². The van der Waals surface area contributed by atoms with Gasteiger partial charge in [0.05, 0.1) is 11.4 Å². The predicted molar refractivity (Wildman–Crippen MR) is 87.4 cm³/mol. The van der Waals surface area contributed by atoms with Crippen molar-refractivity contribution in [3.05, 3.63) is 39.4 Å². The van der Waals surface area contributed by atoms with E-state index in [2.05, 4.69) is 54.0 Å². The van der Waals surface area contributed by atoms with Crippen LogP contribution in [0.25, 0.3) is 16.2 Å². The standard InChI is InChI=1S/C15H16BrN3S/c1-3-5-13-18-19-12(4-2)14(17-15(19)20-13)10-6-8-11(16)9-7-10/h6-9H,3-5H2,1-2H3. The molecule has 0 unspecified atom stereocenters. The Labute approximate surface area is 130 Å². The number of rotatable bonds is 4. The summed E-state index contributed by atoms with van der Waals surface area (Å²) >= 11 is 5.17. The second kappa shape index (κ2) is 5.66. The zero-order chi connectivity index (χ0) is 14.1. The first-order valence-corrected chi connectivity index (χ1v) is 8.47. The first kappa shape index (κ1) is 13.8. The van der Waals surface area contributed by atoms with Gasteiger partial charge in [-0.3, -0.25) is 0 Å². The molecule has 104 valence electrons. The average molecular weight is 350 g/mol. The predicted octanol–water partition coefficient (Wildman–Crippen LogP) is 4.74. The summed E-state index contributed by atoms with van der Waals surface area (Å²) in [5.41, 5.74) is 3.41. The Morgan fingerprint density at radius 1 is 1.20 bits per heavy atom. The molecule has 0 aliphatic heterocycles. The van der Waals surface area contributed by atoms with E-state index in [0.29, 0.717) is 0 Å². The fourth-order valence-electron chi connectivity index (χ4n) is 2.30. The molecule has 0 saturated carbocycles. The molecule has 0 atom stereocenters. The minimum Gasteiger partial charge on any atom is -0.217 e. The monoisotopic (exact) mass is 349 g/mol. The van der Waals surface area contributed by atoms with Crippen LogP contribution < -0.4 is 0 Å². The highest BCUT2D eigenvalue weighted by Crippen LogP contribution is 2.28. The van der Waals surface area contributed by atoms with Crippen LogP contribution in [0.15, 0.2) is 28.7 Å². The highest BCUT2D eigenvalue weighted by atomic mass is 79.9. The Hall–Kier alpha value is -1.20. The molecule has 0 spiro atoms. The van der Waals surface area contributed by atoms with Crippen molar-refractivity contribution >= 4 is 32.2 Å². The second-order valence-corrected chi connectivity index (χ2v) is 6.66. The Bertz CT molecular complexity index is 727. The Kier molecular flexibility index (Phi) is 3.89. The van der Waals surface area contributed by atoms with Gasteiger partial charge in [-0.1, -0.05) is 53.2 Å². The maximum atomic E-state index is 4.79. The molecule has 1 aromatic carbocycles. The molecular weight excluding hydrogens is 334 g/mol. The number of hydrogen-bond donors (Lipinski definition) is 0. The van der Waals surface area contributed by atoms with Crippen molar-refractivity contribution in [2.24, 2.45) is 0 Å². The maximum absolute atomic E-state index is 4.79. The molecule has 0 aliphatic rings. The first-order valence-electron chi connectivity index (χ1n) is 6.86. The fraction of sp³-hybridized carbons (Fsp3) is 0.333. The molecule has 20 heavy (non-hydrogen) atoms. The lowest BCUT2D eigenvalue weighted by Gasteiger charge is -2.01. The third-order valence-corrected chi connectivity index (χ3v) is 4.75. The molecule has 0 bridgehead atoms.